The number of nitrogens with zero attached hydrogens (tertiary/aromatic N) is 2. The maximum absolute atomic E-state index is 13.1. The van der Waals surface area contributed by atoms with Crippen molar-refractivity contribution in [1.82, 2.24) is 14.5 Å². The van der Waals surface area contributed by atoms with Gasteiger partial charge < -0.3 is 9.80 Å². The van der Waals surface area contributed by atoms with Crippen molar-refractivity contribution in [3.05, 3.63) is 29.8 Å². The quantitative estimate of drug-likeness (QED) is 0.728. The molecule has 1 aromatic rings. The van der Waals surface area contributed by atoms with Crippen molar-refractivity contribution in [2.75, 3.05) is 20.1 Å². The molecule has 2 amide bonds. The van der Waals surface area contributed by atoms with E-state index in [4.69, 9.17) is 0 Å². The first-order valence-electron chi connectivity index (χ1n) is 10.1. The number of piperidine rings is 1. The Hall–Kier alpha value is -1.93. The topological polar surface area (TPSA) is 86.8 Å². The van der Waals surface area contributed by atoms with Crippen LogP contribution in [-0.2, 0) is 19.6 Å². The predicted molar refractivity (Wildman–Crippen MR) is 113 cm³/mol. The van der Waals surface area contributed by atoms with Gasteiger partial charge in [-0.1, -0.05) is 31.5 Å². The maximum atomic E-state index is 13.1. The molecule has 0 bridgehead atoms. The fourth-order valence-corrected chi connectivity index (χ4v) is 4.80. The highest BCUT2D eigenvalue weighted by atomic mass is 32.2. The van der Waals surface area contributed by atoms with Gasteiger partial charge in [0.15, 0.2) is 0 Å². The zero-order chi connectivity index (χ0) is 21.8. The summed E-state index contributed by atoms with van der Waals surface area (Å²) < 4.78 is 28.3. The second-order valence-corrected chi connectivity index (χ2v) is 10.0. The summed E-state index contributed by atoms with van der Waals surface area (Å²) in [6.45, 7) is 8.39. The Balaban J connectivity index is 2.10. The summed E-state index contributed by atoms with van der Waals surface area (Å²) in [5, 5.41) is 0. The zero-order valence-corrected chi connectivity index (χ0v) is 18.8. The Morgan fingerprint density at radius 1 is 1.17 bits per heavy atom. The smallest absolute Gasteiger partial charge is 0.241 e. The summed E-state index contributed by atoms with van der Waals surface area (Å²) in [5.41, 5.74) is 0.970. The van der Waals surface area contributed by atoms with Crippen LogP contribution in [0, 0.1) is 12.8 Å². The molecule has 1 aliphatic rings. The van der Waals surface area contributed by atoms with E-state index in [1.807, 2.05) is 20.8 Å². The first-order valence-corrected chi connectivity index (χ1v) is 11.6. The van der Waals surface area contributed by atoms with Crippen LogP contribution in [-0.4, -0.2) is 62.3 Å². The minimum absolute atomic E-state index is 0.0123. The third-order valence-corrected chi connectivity index (χ3v) is 6.94. The highest BCUT2D eigenvalue weighted by molar-refractivity contribution is 7.89. The number of hydrogen-bond acceptors (Lipinski definition) is 4. The van der Waals surface area contributed by atoms with E-state index < -0.39 is 16.1 Å². The molecule has 1 atom stereocenters. The van der Waals surface area contributed by atoms with E-state index in [1.165, 1.54) is 6.92 Å². The van der Waals surface area contributed by atoms with Gasteiger partial charge in [0.25, 0.3) is 0 Å². The van der Waals surface area contributed by atoms with Gasteiger partial charge in [-0.25, -0.2) is 8.42 Å². The fraction of sp³-hybridized carbons (Fsp3) is 0.619. The van der Waals surface area contributed by atoms with Crippen LogP contribution in [0.5, 0.6) is 0 Å². The Labute approximate surface area is 174 Å². The second-order valence-electron chi connectivity index (χ2n) is 8.30. The molecule has 0 aliphatic carbocycles. The molecular formula is C21H33N3O4S. The molecule has 1 aromatic carbocycles. The van der Waals surface area contributed by atoms with Gasteiger partial charge in [0.2, 0.25) is 21.8 Å². The molecular weight excluding hydrogens is 390 g/mol. The molecule has 1 N–H and O–H groups in total. The summed E-state index contributed by atoms with van der Waals surface area (Å²) in [6, 6.07) is 5.90. The summed E-state index contributed by atoms with van der Waals surface area (Å²) in [6.07, 6.45) is 1.82. The molecule has 29 heavy (non-hydrogen) atoms. The average molecular weight is 424 g/mol. The number of carbonyl (C=O) groups is 2. The zero-order valence-electron chi connectivity index (χ0n) is 18.0. The molecule has 0 aromatic heterocycles. The molecule has 1 fully saturated rings. The van der Waals surface area contributed by atoms with Crippen LogP contribution in [0.1, 0.15) is 45.6 Å². The van der Waals surface area contributed by atoms with E-state index in [9.17, 15) is 18.0 Å². The lowest BCUT2D eigenvalue weighted by Gasteiger charge is -2.38. The molecule has 0 spiro atoms. The van der Waals surface area contributed by atoms with Crippen LogP contribution in [0.15, 0.2) is 29.2 Å². The number of likely N-dealkylation sites (tertiary alicyclic amines) is 1. The second kappa shape index (κ2) is 9.71. The van der Waals surface area contributed by atoms with Crippen molar-refractivity contribution in [3.8, 4) is 0 Å². The van der Waals surface area contributed by atoms with Crippen molar-refractivity contribution < 1.29 is 18.0 Å². The van der Waals surface area contributed by atoms with Crippen LogP contribution < -0.4 is 4.72 Å². The number of benzene rings is 1. The monoisotopic (exact) mass is 423 g/mol. The van der Waals surface area contributed by atoms with Gasteiger partial charge in [0.1, 0.15) is 6.04 Å². The fourth-order valence-electron chi connectivity index (χ4n) is 3.59. The van der Waals surface area contributed by atoms with E-state index in [0.717, 1.165) is 5.56 Å². The number of aryl methyl sites for hydroxylation is 1. The molecule has 162 valence electrons. The van der Waals surface area contributed by atoms with Gasteiger partial charge in [-0.15, -0.1) is 0 Å². The SMILES string of the molecule is CC(=O)N(C)C1CCN(C(=O)[C@H](CC(C)C)NS(=O)(=O)c2ccc(C)cc2)CC1. The van der Waals surface area contributed by atoms with Crippen LogP contribution in [0.25, 0.3) is 0 Å². The molecule has 1 heterocycles. The Morgan fingerprint density at radius 2 is 1.72 bits per heavy atom. The van der Waals surface area contributed by atoms with Gasteiger partial charge in [0.05, 0.1) is 4.90 Å². The summed E-state index contributed by atoms with van der Waals surface area (Å²) in [5.74, 6) is -0.0253. The number of sulfonamides is 1. The van der Waals surface area contributed by atoms with E-state index in [2.05, 4.69) is 4.72 Å². The van der Waals surface area contributed by atoms with Crippen LogP contribution in [0.2, 0.25) is 0 Å². The van der Waals surface area contributed by atoms with Crippen molar-refractivity contribution in [1.29, 1.82) is 0 Å². The molecule has 0 saturated carbocycles. The first-order chi connectivity index (χ1) is 13.5. The van der Waals surface area contributed by atoms with E-state index in [-0.39, 0.29) is 28.7 Å². The van der Waals surface area contributed by atoms with Gasteiger partial charge in [-0.05, 0) is 44.2 Å². The van der Waals surface area contributed by atoms with E-state index >= 15 is 0 Å². The molecule has 1 aliphatic heterocycles. The van der Waals surface area contributed by atoms with Crippen molar-refractivity contribution in [2.24, 2.45) is 5.92 Å². The Bertz CT molecular complexity index is 813. The van der Waals surface area contributed by atoms with Gasteiger partial charge in [0, 0.05) is 33.1 Å². The number of carbonyl (C=O) groups excluding carboxylic acids is 2. The normalized spacial score (nSPS) is 16.7. The Kier molecular flexibility index (Phi) is 7.82. The van der Waals surface area contributed by atoms with Gasteiger partial charge in [-0.3, -0.25) is 9.59 Å². The van der Waals surface area contributed by atoms with E-state index in [0.29, 0.717) is 32.4 Å². The number of hydrogen-bond donors (Lipinski definition) is 1. The van der Waals surface area contributed by atoms with Crippen molar-refractivity contribution >= 4 is 21.8 Å². The summed E-state index contributed by atoms with van der Waals surface area (Å²) in [7, 11) is -2.01. The molecule has 7 nitrogen and oxygen atoms in total. The van der Waals surface area contributed by atoms with Crippen LogP contribution in [0.3, 0.4) is 0 Å². The minimum Gasteiger partial charge on any atom is -0.343 e. The first kappa shape index (κ1) is 23.3. The van der Waals surface area contributed by atoms with Gasteiger partial charge >= 0.3 is 0 Å². The van der Waals surface area contributed by atoms with E-state index in [1.54, 1.807) is 41.1 Å². The van der Waals surface area contributed by atoms with Crippen LogP contribution >= 0.6 is 0 Å². The van der Waals surface area contributed by atoms with Crippen molar-refractivity contribution in [2.45, 2.75) is 63.9 Å². The largest absolute Gasteiger partial charge is 0.343 e. The Morgan fingerprint density at radius 3 is 2.21 bits per heavy atom. The number of nitrogens with one attached hydrogen (secondary N) is 1. The third-order valence-electron chi connectivity index (χ3n) is 5.45. The molecule has 8 heteroatoms. The standard InChI is InChI=1S/C21H33N3O4S/c1-15(2)14-20(22-29(27,28)19-8-6-16(3)7-9-19)21(26)24-12-10-18(11-13-24)23(5)17(4)25/h6-9,15,18,20,22H,10-14H2,1-5H3/t20-/m0/s1. The number of amides is 2. The maximum Gasteiger partial charge on any atom is 0.241 e. The highest BCUT2D eigenvalue weighted by Crippen LogP contribution is 2.19. The minimum atomic E-state index is -3.79. The van der Waals surface area contributed by atoms with Gasteiger partial charge in [-0.2, -0.15) is 4.72 Å². The average Bonchev–Trinajstić information content (AvgIpc) is 2.66. The summed E-state index contributed by atoms with van der Waals surface area (Å²) in [4.78, 5) is 28.3. The number of rotatable bonds is 7. The lowest BCUT2D eigenvalue weighted by Crippen LogP contribution is -2.53. The van der Waals surface area contributed by atoms with Crippen LogP contribution in [0.4, 0.5) is 0 Å². The van der Waals surface area contributed by atoms with Crippen molar-refractivity contribution in [3.63, 3.8) is 0 Å². The predicted octanol–water partition coefficient (Wildman–Crippen LogP) is 2.16. The summed E-state index contributed by atoms with van der Waals surface area (Å²) >= 11 is 0. The molecule has 0 radical (unpaired) electrons. The molecule has 2 rings (SSSR count). The molecule has 0 unspecified atom stereocenters. The lowest BCUT2D eigenvalue weighted by atomic mass is 10.00. The highest BCUT2D eigenvalue weighted by Gasteiger charge is 2.33. The lowest BCUT2D eigenvalue weighted by molar-refractivity contribution is -0.136. The third kappa shape index (κ3) is 6.27. The molecule has 1 saturated heterocycles.